The number of aryl methyl sites for hydroxylation is 1. The van der Waals surface area contributed by atoms with E-state index in [1.54, 1.807) is 18.3 Å². The molecule has 2 aromatic rings. The Labute approximate surface area is 159 Å². The number of hydrogen-bond donors (Lipinski definition) is 3. The van der Waals surface area contributed by atoms with Gasteiger partial charge in [-0.2, -0.15) is 9.98 Å². The minimum Gasteiger partial charge on any atom is -0.480 e. The van der Waals surface area contributed by atoms with Crippen LogP contribution in [0.2, 0.25) is 10.0 Å². The highest BCUT2D eigenvalue weighted by atomic mass is 35.5. The number of aliphatic carboxylic acids is 1. The average Bonchev–Trinajstić information content (AvgIpc) is 3.03. The molecule has 4 N–H and O–H groups in total. The lowest BCUT2D eigenvalue weighted by atomic mass is 10.2. The van der Waals surface area contributed by atoms with Gasteiger partial charge in [0.05, 0.1) is 20.6 Å². The topological polar surface area (TPSA) is 138 Å². The van der Waals surface area contributed by atoms with Gasteiger partial charge in [-0.15, -0.1) is 0 Å². The maximum absolute atomic E-state index is 12.5. The molecule has 0 fully saturated rings. The highest BCUT2D eigenvalue weighted by molar-refractivity contribution is 7.89. The number of nitriles is 1. The van der Waals surface area contributed by atoms with E-state index >= 15 is 0 Å². The summed E-state index contributed by atoms with van der Waals surface area (Å²) < 4.78 is 28.5. The highest BCUT2D eigenvalue weighted by Crippen LogP contribution is 2.30. The molecular formula is C15H14Cl2N4O4S. The largest absolute Gasteiger partial charge is 0.480 e. The van der Waals surface area contributed by atoms with E-state index in [4.69, 9.17) is 34.2 Å². The number of rotatable bonds is 7. The Bertz CT molecular complexity index is 959. The van der Waals surface area contributed by atoms with Crippen LogP contribution < -0.4 is 10.5 Å². The SMILES string of the molecule is N#Cc1cccn1CCC(NS(=O)(=O)c1cc(Cl)c(N)c(Cl)c1)C(=O)O. The molecule has 0 amide bonds. The van der Waals surface area contributed by atoms with Gasteiger partial charge in [0.15, 0.2) is 0 Å². The first-order valence-electron chi connectivity index (χ1n) is 7.20. The first kappa shape index (κ1) is 20.1. The van der Waals surface area contributed by atoms with Gasteiger partial charge in [0.1, 0.15) is 17.8 Å². The van der Waals surface area contributed by atoms with Crippen molar-refractivity contribution >= 4 is 44.9 Å². The number of nitrogens with zero attached hydrogens (tertiary/aromatic N) is 2. The van der Waals surface area contributed by atoms with Crippen LogP contribution in [0.4, 0.5) is 5.69 Å². The Hall–Kier alpha value is -2.25. The Morgan fingerprint density at radius 3 is 2.54 bits per heavy atom. The molecule has 0 aliphatic rings. The molecule has 0 radical (unpaired) electrons. The zero-order chi connectivity index (χ0) is 19.5. The van der Waals surface area contributed by atoms with Crippen LogP contribution >= 0.6 is 23.2 Å². The summed E-state index contributed by atoms with van der Waals surface area (Å²) in [5.74, 6) is -1.35. The first-order valence-corrected chi connectivity index (χ1v) is 9.44. The molecule has 1 aromatic carbocycles. The van der Waals surface area contributed by atoms with E-state index < -0.39 is 22.0 Å². The van der Waals surface area contributed by atoms with Crippen LogP contribution in [-0.2, 0) is 21.4 Å². The summed E-state index contributed by atoms with van der Waals surface area (Å²) in [6.45, 7) is 0.138. The van der Waals surface area contributed by atoms with Crippen LogP contribution in [0.1, 0.15) is 12.1 Å². The second-order valence-electron chi connectivity index (χ2n) is 5.30. The molecule has 11 heteroatoms. The fraction of sp³-hybridized carbons (Fsp3) is 0.200. The minimum absolute atomic E-state index is 0.0266. The van der Waals surface area contributed by atoms with Crippen LogP contribution in [0, 0.1) is 11.3 Å². The lowest BCUT2D eigenvalue weighted by Crippen LogP contribution is -2.41. The van der Waals surface area contributed by atoms with Gasteiger partial charge in [-0.3, -0.25) is 4.79 Å². The van der Waals surface area contributed by atoms with E-state index in [0.717, 1.165) is 12.1 Å². The standard InChI is InChI=1S/C15H14Cl2N4O4S/c16-11-6-10(7-12(17)14(11)19)26(24,25)20-13(15(22)23)3-5-21-4-1-2-9(21)8-18/h1-2,4,6-7,13,20H,3,5,19H2,(H,22,23). The molecule has 0 spiro atoms. The van der Waals surface area contributed by atoms with Gasteiger partial charge in [0.2, 0.25) is 10.0 Å². The Balaban J connectivity index is 2.21. The summed E-state index contributed by atoms with van der Waals surface area (Å²) in [6, 6.07) is 5.92. The Morgan fingerprint density at radius 1 is 1.38 bits per heavy atom. The van der Waals surface area contributed by atoms with E-state index in [1.165, 1.54) is 4.57 Å². The van der Waals surface area contributed by atoms with Crippen LogP contribution in [0.3, 0.4) is 0 Å². The number of nitrogens with two attached hydrogens (primary N) is 1. The Kier molecular flexibility index (Phi) is 6.15. The summed E-state index contributed by atoms with van der Waals surface area (Å²) in [4.78, 5) is 11.1. The molecule has 0 aliphatic heterocycles. The van der Waals surface area contributed by atoms with Gasteiger partial charge >= 0.3 is 5.97 Å². The summed E-state index contributed by atoms with van der Waals surface area (Å²) in [7, 11) is -4.20. The highest BCUT2D eigenvalue weighted by Gasteiger charge is 2.26. The van der Waals surface area contributed by atoms with Gasteiger partial charge in [-0.05, 0) is 30.7 Å². The molecule has 1 unspecified atom stereocenters. The van der Waals surface area contributed by atoms with Crippen molar-refractivity contribution in [2.24, 2.45) is 0 Å². The molecule has 2 rings (SSSR count). The van der Waals surface area contributed by atoms with Crippen LogP contribution in [0.25, 0.3) is 0 Å². The summed E-state index contributed by atoms with van der Waals surface area (Å²) in [5.41, 5.74) is 5.94. The van der Waals surface area contributed by atoms with Crippen LogP contribution in [-0.4, -0.2) is 30.1 Å². The second-order valence-corrected chi connectivity index (χ2v) is 7.83. The van der Waals surface area contributed by atoms with Crippen molar-refractivity contribution in [1.29, 1.82) is 5.26 Å². The molecule has 1 aromatic heterocycles. The fourth-order valence-corrected chi connectivity index (χ4v) is 4.07. The maximum atomic E-state index is 12.5. The number of halogens is 2. The van der Waals surface area contributed by atoms with Crippen molar-refractivity contribution in [3.63, 3.8) is 0 Å². The molecule has 0 saturated heterocycles. The number of benzene rings is 1. The number of hydrogen-bond acceptors (Lipinski definition) is 5. The van der Waals surface area contributed by atoms with Gasteiger partial charge in [-0.25, -0.2) is 8.42 Å². The zero-order valence-corrected chi connectivity index (χ0v) is 15.5. The summed E-state index contributed by atoms with van der Waals surface area (Å²) in [5, 5.41) is 18.2. The van der Waals surface area contributed by atoms with Gasteiger partial charge in [-0.1, -0.05) is 23.2 Å². The number of carboxylic acid groups (broad SMARTS) is 1. The van der Waals surface area contributed by atoms with Crippen molar-refractivity contribution in [1.82, 2.24) is 9.29 Å². The van der Waals surface area contributed by atoms with Crippen molar-refractivity contribution in [3.8, 4) is 6.07 Å². The summed E-state index contributed by atoms with van der Waals surface area (Å²) in [6.07, 6.45) is 1.53. The number of nitrogen functional groups attached to an aromatic ring is 1. The lowest BCUT2D eigenvalue weighted by molar-refractivity contribution is -0.139. The molecule has 0 saturated carbocycles. The number of nitrogens with one attached hydrogen (secondary N) is 1. The fourth-order valence-electron chi connectivity index (χ4n) is 2.18. The molecule has 1 heterocycles. The third-order valence-corrected chi connectivity index (χ3v) is 5.64. The van der Waals surface area contributed by atoms with Gasteiger partial charge in [0, 0.05) is 12.7 Å². The molecule has 26 heavy (non-hydrogen) atoms. The van der Waals surface area contributed by atoms with E-state index in [1.807, 2.05) is 6.07 Å². The van der Waals surface area contributed by atoms with Crippen molar-refractivity contribution in [2.75, 3.05) is 5.73 Å². The van der Waals surface area contributed by atoms with Crippen molar-refractivity contribution in [3.05, 3.63) is 46.2 Å². The monoisotopic (exact) mass is 416 g/mol. The third kappa shape index (κ3) is 4.47. The number of aromatic nitrogens is 1. The smallest absolute Gasteiger partial charge is 0.321 e. The number of carboxylic acids is 1. The van der Waals surface area contributed by atoms with Gasteiger partial charge < -0.3 is 15.4 Å². The summed E-state index contributed by atoms with van der Waals surface area (Å²) >= 11 is 11.7. The van der Waals surface area contributed by atoms with E-state index in [2.05, 4.69) is 4.72 Å². The average molecular weight is 417 g/mol. The van der Waals surface area contributed by atoms with Crippen molar-refractivity contribution in [2.45, 2.75) is 23.9 Å². The first-order chi connectivity index (χ1) is 12.2. The predicted molar refractivity (Wildman–Crippen MR) is 96.4 cm³/mol. The number of anilines is 1. The molecule has 1 atom stereocenters. The minimum atomic E-state index is -4.20. The molecule has 138 valence electrons. The molecular weight excluding hydrogens is 403 g/mol. The number of carbonyl (C=O) groups is 1. The quantitative estimate of drug-likeness (QED) is 0.590. The molecule has 0 aliphatic carbocycles. The Morgan fingerprint density at radius 2 is 2.00 bits per heavy atom. The van der Waals surface area contributed by atoms with Crippen LogP contribution in [0.5, 0.6) is 0 Å². The molecule has 8 nitrogen and oxygen atoms in total. The predicted octanol–water partition coefficient (Wildman–Crippen LogP) is 2.07. The third-order valence-electron chi connectivity index (χ3n) is 3.56. The number of sulfonamides is 1. The van der Waals surface area contributed by atoms with Crippen LogP contribution in [0.15, 0.2) is 35.4 Å². The van der Waals surface area contributed by atoms with Crippen molar-refractivity contribution < 1.29 is 18.3 Å². The molecule has 0 bridgehead atoms. The maximum Gasteiger partial charge on any atom is 0.321 e. The zero-order valence-electron chi connectivity index (χ0n) is 13.2. The normalized spacial score (nSPS) is 12.5. The van der Waals surface area contributed by atoms with E-state index in [-0.39, 0.29) is 33.6 Å². The van der Waals surface area contributed by atoms with E-state index in [9.17, 15) is 18.3 Å². The van der Waals surface area contributed by atoms with Gasteiger partial charge in [0.25, 0.3) is 0 Å². The van der Waals surface area contributed by atoms with E-state index in [0.29, 0.717) is 5.69 Å². The second kappa shape index (κ2) is 7.97. The lowest BCUT2D eigenvalue weighted by Gasteiger charge is -2.16.